The molecule has 5 rings (SSSR count). The summed E-state index contributed by atoms with van der Waals surface area (Å²) in [7, 11) is 0. The topological polar surface area (TPSA) is 87.1 Å². The van der Waals surface area contributed by atoms with Gasteiger partial charge < -0.3 is 19.8 Å². The molecule has 162 valence electrons. The summed E-state index contributed by atoms with van der Waals surface area (Å²) in [5.74, 6) is -2.10. The third-order valence-corrected chi connectivity index (χ3v) is 6.53. The van der Waals surface area contributed by atoms with E-state index in [2.05, 4.69) is 24.3 Å². The fourth-order valence-corrected chi connectivity index (χ4v) is 4.98. The van der Waals surface area contributed by atoms with Gasteiger partial charge in [-0.25, -0.2) is 4.79 Å². The Bertz CT molecular complexity index is 1140. The number of amides is 1. The molecule has 1 saturated heterocycles. The summed E-state index contributed by atoms with van der Waals surface area (Å²) in [4.78, 5) is 26.2. The van der Waals surface area contributed by atoms with E-state index in [1.807, 2.05) is 24.3 Å². The molecule has 0 saturated carbocycles. The third-order valence-electron chi connectivity index (χ3n) is 6.53. The summed E-state index contributed by atoms with van der Waals surface area (Å²) < 4.78 is 5.70. The molecule has 0 aromatic heterocycles. The molecule has 1 aliphatic carbocycles. The van der Waals surface area contributed by atoms with Crippen molar-refractivity contribution >= 4 is 12.1 Å². The van der Waals surface area contributed by atoms with Gasteiger partial charge >= 0.3 is 12.1 Å². The molecule has 6 heteroatoms. The molecule has 0 spiro atoms. The van der Waals surface area contributed by atoms with Gasteiger partial charge in [-0.2, -0.15) is 0 Å². The normalized spacial score (nSPS) is 19.4. The van der Waals surface area contributed by atoms with Crippen molar-refractivity contribution in [2.45, 2.75) is 11.8 Å². The van der Waals surface area contributed by atoms with Crippen LogP contribution >= 0.6 is 0 Å². The SMILES string of the molecule is O=C(O)C1CN(C(=O)OCC2c3ccccc3-c3ccccc32)CC1c1cccc(O)c1. The highest BCUT2D eigenvalue weighted by Gasteiger charge is 2.41. The van der Waals surface area contributed by atoms with Gasteiger partial charge in [-0.3, -0.25) is 4.79 Å². The number of nitrogens with zero attached hydrogens (tertiary/aromatic N) is 1. The van der Waals surface area contributed by atoms with E-state index >= 15 is 0 Å². The first-order valence-corrected chi connectivity index (χ1v) is 10.6. The molecule has 2 aliphatic rings. The molecule has 0 bridgehead atoms. The van der Waals surface area contributed by atoms with Gasteiger partial charge in [0.25, 0.3) is 0 Å². The molecule has 2 unspecified atom stereocenters. The van der Waals surface area contributed by atoms with E-state index in [-0.39, 0.29) is 31.4 Å². The summed E-state index contributed by atoms with van der Waals surface area (Å²) in [6.45, 7) is 0.501. The Morgan fingerprint density at radius 1 is 0.906 bits per heavy atom. The van der Waals surface area contributed by atoms with E-state index in [9.17, 15) is 19.8 Å². The highest BCUT2D eigenvalue weighted by molar-refractivity contribution is 5.79. The van der Waals surface area contributed by atoms with E-state index < -0.39 is 23.9 Å². The zero-order valence-corrected chi connectivity index (χ0v) is 17.3. The molecule has 1 heterocycles. The number of carboxylic acid groups (broad SMARTS) is 1. The minimum absolute atomic E-state index is 0.0499. The Morgan fingerprint density at radius 3 is 2.19 bits per heavy atom. The van der Waals surface area contributed by atoms with Crippen LogP contribution in [0.1, 0.15) is 28.5 Å². The number of carbonyl (C=O) groups is 2. The number of rotatable bonds is 4. The van der Waals surface area contributed by atoms with Crippen LogP contribution in [0.3, 0.4) is 0 Å². The number of carbonyl (C=O) groups excluding carboxylic acids is 1. The molecule has 1 aliphatic heterocycles. The molecule has 32 heavy (non-hydrogen) atoms. The van der Waals surface area contributed by atoms with Crippen LogP contribution in [0.25, 0.3) is 11.1 Å². The lowest BCUT2D eigenvalue weighted by Gasteiger charge is -2.19. The molecular weight excluding hydrogens is 406 g/mol. The molecular formula is C26H23NO5. The van der Waals surface area contributed by atoms with Crippen LogP contribution in [0.4, 0.5) is 4.79 Å². The maximum absolute atomic E-state index is 12.9. The summed E-state index contributed by atoms with van der Waals surface area (Å²) in [5.41, 5.74) is 5.26. The Morgan fingerprint density at radius 2 is 1.56 bits per heavy atom. The van der Waals surface area contributed by atoms with Crippen LogP contribution in [0, 0.1) is 5.92 Å². The van der Waals surface area contributed by atoms with Gasteiger partial charge in [0.15, 0.2) is 0 Å². The second-order valence-electron chi connectivity index (χ2n) is 8.36. The smallest absolute Gasteiger partial charge is 0.409 e. The van der Waals surface area contributed by atoms with E-state index in [4.69, 9.17) is 4.74 Å². The molecule has 0 radical (unpaired) electrons. The summed E-state index contributed by atoms with van der Waals surface area (Å²) in [6.07, 6.45) is -0.513. The molecule has 6 nitrogen and oxygen atoms in total. The number of ether oxygens (including phenoxy) is 1. The Hall–Kier alpha value is -3.80. The lowest BCUT2D eigenvalue weighted by Crippen LogP contribution is -2.31. The van der Waals surface area contributed by atoms with Crippen LogP contribution in [0.5, 0.6) is 5.75 Å². The molecule has 2 N–H and O–H groups in total. The third kappa shape index (κ3) is 3.47. The fraction of sp³-hybridized carbons (Fsp3) is 0.231. The number of benzene rings is 3. The van der Waals surface area contributed by atoms with E-state index in [1.165, 1.54) is 11.0 Å². The Balaban J connectivity index is 1.32. The van der Waals surface area contributed by atoms with E-state index in [0.29, 0.717) is 5.56 Å². The largest absolute Gasteiger partial charge is 0.508 e. The molecule has 1 amide bonds. The van der Waals surface area contributed by atoms with Crippen molar-refractivity contribution in [3.8, 4) is 16.9 Å². The molecule has 3 aromatic carbocycles. The number of phenols is 1. The summed E-state index contributed by atoms with van der Waals surface area (Å²) in [5, 5.41) is 19.5. The minimum Gasteiger partial charge on any atom is -0.508 e. The van der Waals surface area contributed by atoms with E-state index in [0.717, 1.165) is 22.3 Å². The van der Waals surface area contributed by atoms with E-state index in [1.54, 1.807) is 18.2 Å². The standard InChI is InChI=1S/C26H23NO5/c28-17-7-5-6-16(12-17)22-13-27(14-23(22)25(29)30)26(31)32-15-24-20-10-3-1-8-18(20)19-9-2-4-11-21(19)24/h1-12,22-24,28H,13-15H2,(H,29,30). The highest BCUT2D eigenvalue weighted by Crippen LogP contribution is 2.44. The van der Waals surface area contributed by atoms with Crippen molar-refractivity contribution in [3.05, 3.63) is 89.5 Å². The maximum Gasteiger partial charge on any atom is 0.409 e. The van der Waals surface area contributed by atoms with Crippen molar-refractivity contribution in [3.63, 3.8) is 0 Å². The Kier molecular flexibility index (Phi) is 5.05. The lowest BCUT2D eigenvalue weighted by atomic mass is 9.89. The number of likely N-dealkylation sites (tertiary alicyclic amines) is 1. The summed E-state index contributed by atoms with van der Waals surface area (Å²) in [6, 6.07) is 22.8. The number of phenolic OH excluding ortho intramolecular Hbond substituents is 1. The quantitative estimate of drug-likeness (QED) is 0.640. The highest BCUT2D eigenvalue weighted by atomic mass is 16.6. The zero-order chi connectivity index (χ0) is 22.2. The predicted molar refractivity (Wildman–Crippen MR) is 119 cm³/mol. The minimum atomic E-state index is -0.965. The van der Waals surface area contributed by atoms with Crippen molar-refractivity contribution in [1.82, 2.24) is 4.90 Å². The first kappa shape index (κ1) is 20.1. The van der Waals surface area contributed by atoms with Crippen LogP contribution in [-0.4, -0.2) is 46.9 Å². The van der Waals surface area contributed by atoms with Gasteiger partial charge in [0.1, 0.15) is 12.4 Å². The molecule has 2 atom stereocenters. The number of carboxylic acids is 1. The number of hydrogen-bond acceptors (Lipinski definition) is 4. The molecule has 1 fully saturated rings. The van der Waals surface area contributed by atoms with Crippen LogP contribution in [0.15, 0.2) is 72.8 Å². The van der Waals surface area contributed by atoms with Crippen molar-refractivity contribution in [2.75, 3.05) is 19.7 Å². The number of aromatic hydroxyl groups is 1. The summed E-state index contributed by atoms with van der Waals surface area (Å²) >= 11 is 0. The van der Waals surface area contributed by atoms with Gasteiger partial charge in [0.2, 0.25) is 0 Å². The fourth-order valence-electron chi connectivity index (χ4n) is 4.98. The monoisotopic (exact) mass is 429 g/mol. The first-order valence-electron chi connectivity index (χ1n) is 10.6. The second kappa shape index (κ2) is 8.04. The van der Waals surface area contributed by atoms with Crippen LogP contribution < -0.4 is 0 Å². The van der Waals surface area contributed by atoms with Crippen molar-refractivity contribution < 1.29 is 24.5 Å². The number of hydrogen-bond donors (Lipinski definition) is 2. The average Bonchev–Trinajstić information content (AvgIpc) is 3.38. The predicted octanol–water partition coefficient (Wildman–Crippen LogP) is 4.44. The number of fused-ring (bicyclic) bond motifs is 3. The average molecular weight is 429 g/mol. The van der Waals surface area contributed by atoms with Gasteiger partial charge in [0, 0.05) is 24.9 Å². The van der Waals surface area contributed by atoms with Gasteiger partial charge in [-0.05, 0) is 39.9 Å². The van der Waals surface area contributed by atoms with Crippen molar-refractivity contribution in [1.29, 1.82) is 0 Å². The lowest BCUT2D eigenvalue weighted by molar-refractivity contribution is -0.141. The van der Waals surface area contributed by atoms with Gasteiger partial charge in [-0.15, -0.1) is 0 Å². The second-order valence-corrected chi connectivity index (χ2v) is 8.36. The van der Waals surface area contributed by atoms with Crippen LogP contribution in [0.2, 0.25) is 0 Å². The van der Waals surface area contributed by atoms with Gasteiger partial charge in [0.05, 0.1) is 5.92 Å². The first-order chi connectivity index (χ1) is 15.5. The molecule has 3 aromatic rings. The number of aliphatic carboxylic acids is 1. The Labute approximate surface area is 185 Å². The van der Waals surface area contributed by atoms with Crippen molar-refractivity contribution in [2.24, 2.45) is 5.92 Å². The van der Waals surface area contributed by atoms with Gasteiger partial charge in [-0.1, -0.05) is 60.7 Å². The zero-order valence-electron chi connectivity index (χ0n) is 17.3. The maximum atomic E-state index is 12.9. The van der Waals surface area contributed by atoms with Crippen LogP contribution in [-0.2, 0) is 9.53 Å².